The molecular formula is C16H17BrN2O2. The van der Waals surface area contributed by atoms with Crippen LogP contribution in [0, 0.1) is 17.0 Å². The van der Waals surface area contributed by atoms with Crippen molar-refractivity contribution in [1.82, 2.24) is 5.32 Å². The minimum atomic E-state index is -0.377. The molecule has 1 atom stereocenters. The molecule has 21 heavy (non-hydrogen) atoms. The Morgan fingerprint density at radius 2 is 2.00 bits per heavy atom. The zero-order valence-electron chi connectivity index (χ0n) is 12.0. The molecule has 0 heterocycles. The SMILES string of the molecule is Cc1ccccc1C(C)NCc1ccc(Br)c([N+](=O)[O-])c1. The first-order valence-corrected chi connectivity index (χ1v) is 7.50. The smallest absolute Gasteiger partial charge is 0.283 e. The second kappa shape index (κ2) is 6.83. The minimum absolute atomic E-state index is 0.0952. The highest BCUT2D eigenvalue weighted by molar-refractivity contribution is 9.10. The summed E-state index contributed by atoms with van der Waals surface area (Å²) >= 11 is 3.20. The molecule has 0 fully saturated rings. The highest BCUT2D eigenvalue weighted by Crippen LogP contribution is 2.26. The average molecular weight is 349 g/mol. The number of benzene rings is 2. The van der Waals surface area contributed by atoms with E-state index in [4.69, 9.17) is 0 Å². The molecule has 2 aromatic rings. The standard InChI is InChI=1S/C16H17BrN2O2/c1-11-5-3-4-6-14(11)12(2)18-10-13-7-8-15(17)16(9-13)19(20)21/h3-9,12,18H,10H2,1-2H3. The zero-order chi connectivity index (χ0) is 15.4. The van der Waals surface area contributed by atoms with Crippen molar-refractivity contribution in [1.29, 1.82) is 0 Å². The van der Waals surface area contributed by atoms with Crippen molar-refractivity contribution in [2.75, 3.05) is 0 Å². The molecule has 0 saturated heterocycles. The van der Waals surface area contributed by atoms with Crippen molar-refractivity contribution in [3.05, 3.63) is 73.7 Å². The van der Waals surface area contributed by atoms with E-state index in [9.17, 15) is 10.1 Å². The van der Waals surface area contributed by atoms with Gasteiger partial charge in [0, 0.05) is 18.7 Å². The van der Waals surface area contributed by atoms with Crippen molar-refractivity contribution >= 4 is 21.6 Å². The van der Waals surface area contributed by atoms with Crippen LogP contribution in [0.3, 0.4) is 0 Å². The molecule has 0 aliphatic carbocycles. The van der Waals surface area contributed by atoms with Gasteiger partial charge >= 0.3 is 0 Å². The van der Waals surface area contributed by atoms with Gasteiger partial charge in [0.2, 0.25) is 0 Å². The number of hydrogen-bond donors (Lipinski definition) is 1. The van der Waals surface area contributed by atoms with Crippen LogP contribution in [0.5, 0.6) is 0 Å². The Labute approximate surface area is 132 Å². The first-order valence-electron chi connectivity index (χ1n) is 6.70. The summed E-state index contributed by atoms with van der Waals surface area (Å²) < 4.78 is 0.503. The first-order chi connectivity index (χ1) is 9.99. The Hall–Kier alpha value is -1.72. The van der Waals surface area contributed by atoms with Crippen molar-refractivity contribution < 1.29 is 4.92 Å². The van der Waals surface area contributed by atoms with Crippen LogP contribution < -0.4 is 5.32 Å². The van der Waals surface area contributed by atoms with Crippen LogP contribution in [0.25, 0.3) is 0 Å². The van der Waals surface area contributed by atoms with Gasteiger partial charge in [0.05, 0.1) is 9.40 Å². The van der Waals surface area contributed by atoms with E-state index in [2.05, 4.69) is 47.2 Å². The molecule has 0 amide bonds. The summed E-state index contributed by atoms with van der Waals surface area (Å²) in [5.74, 6) is 0. The Morgan fingerprint density at radius 1 is 1.29 bits per heavy atom. The molecule has 0 aliphatic rings. The van der Waals surface area contributed by atoms with Crippen LogP contribution in [0.4, 0.5) is 5.69 Å². The molecule has 4 nitrogen and oxygen atoms in total. The van der Waals surface area contributed by atoms with Crippen molar-refractivity contribution in [2.24, 2.45) is 0 Å². The molecule has 2 aromatic carbocycles. The first kappa shape index (κ1) is 15.7. The lowest BCUT2D eigenvalue weighted by Crippen LogP contribution is -2.18. The third kappa shape index (κ3) is 3.89. The maximum atomic E-state index is 10.9. The van der Waals surface area contributed by atoms with E-state index in [1.165, 1.54) is 11.1 Å². The molecule has 1 unspecified atom stereocenters. The highest BCUT2D eigenvalue weighted by atomic mass is 79.9. The van der Waals surface area contributed by atoms with Gasteiger partial charge in [-0.15, -0.1) is 0 Å². The quantitative estimate of drug-likeness (QED) is 0.638. The van der Waals surface area contributed by atoms with Crippen LogP contribution in [0.2, 0.25) is 0 Å². The van der Waals surface area contributed by atoms with Crippen LogP contribution in [-0.4, -0.2) is 4.92 Å². The lowest BCUT2D eigenvalue weighted by atomic mass is 10.0. The van der Waals surface area contributed by atoms with Gasteiger partial charge in [-0.2, -0.15) is 0 Å². The fraction of sp³-hybridized carbons (Fsp3) is 0.250. The van der Waals surface area contributed by atoms with E-state index >= 15 is 0 Å². The molecule has 0 saturated carbocycles. The van der Waals surface area contributed by atoms with E-state index < -0.39 is 0 Å². The summed E-state index contributed by atoms with van der Waals surface area (Å²) in [4.78, 5) is 10.6. The van der Waals surface area contributed by atoms with E-state index in [0.29, 0.717) is 11.0 Å². The largest absolute Gasteiger partial charge is 0.306 e. The maximum Gasteiger partial charge on any atom is 0.283 e. The monoisotopic (exact) mass is 348 g/mol. The molecule has 0 spiro atoms. The minimum Gasteiger partial charge on any atom is -0.306 e. The summed E-state index contributed by atoms with van der Waals surface area (Å²) in [6.45, 7) is 4.76. The van der Waals surface area contributed by atoms with E-state index in [1.54, 1.807) is 12.1 Å². The molecular weight excluding hydrogens is 332 g/mol. The number of hydrogen-bond acceptors (Lipinski definition) is 3. The van der Waals surface area contributed by atoms with E-state index in [1.807, 2.05) is 18.2 Å². The fourth-order valence-corrected chi connectivity index (χ4v) is 2.65. The molecule has 0 aromatic heterocycles. The molecule has 2 rings (SSSR count). The summed E-state index contributed by atoms with van der Waals surface area (Å²) in [7, 11) is 0. The van der Waals surface area contributed by atoms with Gasteiger partial charge in [0.25, 0.3) is 5.69 Å². The Bertz CT molecular complexity index is 658. The van der Waals surface area contributed by atoms with Crippen LogP contribution in [-0.2, 0) is 6.54 Å². The number of nitro benzene ring substituents is 1. The lowest BCUT2D eigenvalue weighted by Gasteiger charge is -2.16. The second-order valence-corrected chi connectivity index (χ2v) is 5.86. The summed E-state index contributed by atoms with van der Waals surface area (Å²) in [6.07, 6.45) is 0. The number of nitro groups is 1. The molecule has 0 bridgehead atoms. The number of aryl methyl sites for hydroxylation is 1. The number of nitrogens with zero attached hydrogens (tertiary/aromatic N) is 1. The Balaban J connectivity index is 2.08. The normalized spacial score (nSPS) is 12.1. The van der Waals surface area contributed by atoms with Crippen LogP contribution in [0.15, 0.2) is 46.9 Å². The van der Waals surface area contributed by atoms with Gasteiger partial charge in [0.15, 0.2) is 0 Å². The van der Waals surface area contributed by atoms with Crippen molar-refractivity contribution in [2.45, 2.75) is 26.4 Å². The molecule has 0 aliphatic heterocycles. The maximum absolute atomic E-state index is 10.9. The second-order valence-electron chi connectivity index (χ2n) is 5.00. The molecule has 0 radical (unpaired) electrons. The van der Waals surface area contributed by atoms with Gasteiger partial charge in [-0.05, 0) is 52.5 Å². The lowest BCUT2D eigenvalue weighted by molar-refractivity contribution is -0.385. The molecule has 1 N–H and O–H groups in total. The number of halogens is 1. The van der Waals surface area contributed by atoms with Crippen molar-refractivity contribution in [3.63, 3.8) is 0 Å². The number of nitrogens with one attached hydrogen (secondary N) is 1. The highest BCUT2D eigenvalue weighted by Gasteiger charge is 2.13. The third-order valence-electron chi connectivity index (χ3n) is 3.47. The third-order valence-corrected chi connectivity index (χ3v) is 4.15. The van der Waals surface area contributed by atoms with Gasteiger partial charge < -0.3 is 5.32 Å². The van der Waals surface area contributed by atoms with E-state index in [-0.39, 0.29) is 16.7 Å². The summed E-state index contributed by atoms with van der Waals surface area (Å²) in [5, 5.41) is 14.3. The van der Waals surface area contributed by atoms with Gasteiger partial charge in [0.1, 0.15) is 0 Å². The Kier molecular flexibility index (Phi) is 5.09. The van der Waals surface area contributed by atoms with Gasteiger partial charge in [-0.3, -0.25) is 10.1 Å². The predicted molar refractivity (Wildman–Crippen MR) is 87.2 cm³/mol. The van der Waals surface area contributed by atoms with Gasteiger partial charge in [-0.25, -0.2) is 0 Å². The van der Waals surface area contributed by atoms with Gasteiger partial charge in [-0.1, -0.05) is 30.3 Å². The summed E-state index contributed by atoms with van der Waals surface area (Å²) in [5.41, 5.74) is 3.46. The van der Waals surface area contributed by atoms with Crippen LogP contribution >= 0.6 is 15.9 Å². The average Bonchev–Trinajstić information content (AvgIpc) is 2.46. The van der Waals surface area contributed by atoms with Crippen molar-refractivity contribution in [3.8, 4) is 0 Å². The fourth-order valence-electron chi connectivity index (χ4n) is 2.26. The molecule has 110 valence electrons. The predicted octanol–water partition coefficient (Wildman–Crippen LogP) is 4.52. The topological polar surface area (TPSA) is 55.2 Å². The summed E-state index contributed by atoms with van der Waals surface area (Å²) in [6, 6.07) is 13.6. The molecule has 5 heteroatoms. The Morgan fingerprint density at radius 3 is 2.67 bits per heavy atom. The zero-order valence-corrected chi connectivity index (χ0v) is 13.6. The van der Waals surface area contributed by atoms with Crippen LogP contribution in [0.1, 0.15) is 29.7 Å². The number of rotatable bonds is 5. The van der Waals surface area contributed by atoms with E-state index in [0.717, 1.165) is 5.56 Å².